The minimum atomic E-state index is -0.250. The van der Waals surface area contributed by atoms with Crippen molar-refractivity contribution in [3.05, 3.63) is 83.2 Å². The Labute approximate surface area is 117 Å². The molecule has 20 heavy (non-hydrogen) atoms. The maximum atomic E-state index is 13.4. The van der Waals surface area contributed by atoms with Crippen LogP contribution >= 0.6 is 0 Å². The lowest BCUT2D eigenvalue weighted by Crippen LogP contribution is -2.12. The van der Waals surface area contributed by atoms with Gasteiger partial charge in [0.15, 0.2) is 0 Å². The highest BCUT2D eigenvalue weighted by Gasteiger charge is 2.12. The second kappa shape index (κ2) is 5.06. The average Bonchev–Trinajstić information content (AvgIpc) is 2.49. The maximum Gasteiger partial charge on any atom is 0.126 e. The van der Waals surface area contributed by atoms with Crippen LogP contribution in [0, 0.1) is 12.7 Å². The van der Waals surface area contributed by atoms with Gasteiger partial charge in [-0.1, -0.05) is 54.6 Å². The molecule has 3 aromatic carbocycles. The molecule has 3 rings (SSSR count). The van der Waals surface area contributed by atoms with Gasteiger partial charge in [-0.2, -0.15) is 0 Å². The van der Waals surface area contributed by atoms with Crippen LogP contribution in [0.2, 0.25) is 0 Å². The van der Waals surface area contributed by atoms with Gasteiger partial charge in [0.1, 0.15) is 5.82 Å². The highest BCUT2D eigenvalue weighted by Crippen LogP contribution is 2.28. The molecule has 0 radical (unpaired) electrons. The van der Waals surface area contributed by atoms with E-state index in [-0.39, 0.29) is 11.9 Å². The summed E-state index contributed by atoms with van der Waals surface area (Å²) in [6, 6.07) is 19.1. The number of hydrogen-bond donors (Lipinski definition) is 1. The van der Waals surface area contributed by atoms with Crippen LogP contribution in [0.1, 0.15) is 22.7 Å². The molecular formula is C18H16FN. The molecule has 1 atom stereocenters. The van der Waals surface area contributed by atoms with Crippen LogP contribution in [0.4, 0.5) is 4.39 Å². The van der Waals surface area contributed by atoms with Gasteiger partial charge < -0.3 is 5.73 Å². The third-order valence-corrected chi connectivity index (χ3v) is 3.70. The van der Waals surface area contributed by atoms with Crippen molar-refractivity contribution < 1.29 is 4.39 Å². The number of halogens is 1. The molecular weight excluding hydrogens is 249 g/mol. The predicted molar refractivity (Wildman–Crippen MR) is 81.1 cm³/mol. The molecule has 0 bridgehead atoms. The van der Waals surface area contributed by atoms with Crippen molar-refractivity contribution in [2.24, 2.45) is 5.73 Å². The third-order valence-electron chi connectivity index (χ3n) is 3.70. The number of nitrogens with two attached hydrogens (primary N) is 1. The summed E-state index contributed by atoms with van der Waals surface area (Å²) in [6.45, 7) is 1.76. The van der Waals surface area contributed by atoms with Crippen molar-refractivity contribution in [2.45, 2.75) is 13.0 Å². The molecule has 0 saturated heterocycles. The van der Waals surface area contributed by atoms with E-state index < -0.39 is 0 Å². The largest absolute Gasteiger partial charge is 0.320 e. The summed E-state index contributed by atoms with van der Waals surface area (Å²) < 4.78 is 13.4. The van der Waals surface area contributed by atoms with Gasteiger partial charge in [0, 0.05) is 0 Å². The van der Waals surface area contributed by atoms with Gasteiger partial charge in [-0.3, -0.25) is 0 Å². The normalized spacial score (nSPS) is 12.6. The van der Waals surface area contributed by atoms with E-state index in [1.54, 1.807) is 13.0 Å². The molecule has 0 spiro atoms. The Bertz CT molecular complexity index is 759. The summed E-state index contributed by atoms with van der Waals surface area (Å²) >= 11 is 0. The second-order valence-electron chi connectivity index (χ2n) is 5.05. The van der Waals surface area contributed by atoms with Gasteiger partial charge in [-0.15, -0.1) is 0 Å². The first-order valence-electron chi connectivity index (χ1n) is 6.66. The zero-order valence-electron chi connectivity index (χ0n) is 11.3. The summed E-state index contributed by atoms with van der Waals surface area (Å²) in [7, 11) is 0. The molecule has 2 N–H and O–H groups in total. The van der Waals surface area contributed by atoms with Crippen LogP contribution in [0.15, 0.2) is 60.7 Å². The van der Waals surface area contributed by atoms with Crippen molar-refractivity contribution in [1.82, 2.24) is 0 Å². The Morgan fingerprint density at radius 1 is 0.950 bits per heavy atom. The van der Waals surface area contributed by atoms with Gasteiger partial charge >= 0.3 is 0 Å². The maximum absolute atomic E-state index is 13.4. The zero-order chi connectivity index (χ0) is 14.1. The highest BCUT2D eigenvalue weighted by molar-refractivity contribution is 5.86. The summed E-state index contributed by atoms with van der Waals surface area (Å²) in [5, 5.41) is 2.31. The monoisotopic (exact) mass is 265 g/mol. The summed E-state index contributed by atoms with van der Waals surface area (Å²) in [4.78, 5) is 0. The minimum Gasteiger partial charge on any atom is -0.320 e. The lowest BCUT2D eigenvalue weighted by atomic mass is 9.93. The first-order chi connectivity index (χ1) is 9.66. The van der Waals surface area contributed by atoms with Gasteiger partial charge in [0.05, 0.1) is 6.04 Å². The molecule has 3 aromatic rings. The Balaban J connectivity index is 2.12. The van der Waals surface area contributed by atoms with Crippen LogP contribution in [-0.2, 0) is 0 Å². The first-order valence-corrected chi connectivity index (χ1v) is 6.66. The Morgan fingerprint density at radius 3 is 2.50 bits per heavy atom. The molecule has 0 aliphatic heterocycles. The fraction of sp³-hybridized carbons (Fsp3) is 0.111. The fourth-order valence-electron chi connectivity index (χ4n) is 2.56. The van der Waals surface area contributed by atoms with Crippen molar-refractivity contribution in [1.29, 1.82) is 0 Å². The molecule has 0 amide bonds. The van der Waals surface area contributed by atoms with Crippen molar-refractivity contribution in [2.75, 3.05) is 0 Å². The molecule has 0 heterocycles. The Morgan fingerprint density at radius 2 is 1.70 bits per heavy atom. The molecule has 0 aliphatic carbocycles. The number of hydrogen-bond acceptors (Lipinski definition) is 1. The predicted octanol–water partition coefficient (Wildman–Crippen LogP) is 4.34. The van der Waals surface area contributed by atoms with Crippen LogP contribution < -0.4 is 5.73 Å². The minimum absolute atomic E-state index is 0.195. The highest BCUT2D eigenvalue weighted by atomic mass is 19.1. The van der Waals surface area contributed by atoms with Crippen molar-refractivity contribution >= 4 is 10.8 Å². The van der Waals surface area contributed by atoms with E-state index in [9.17, 15) is 4.39 Å². The molecule has 2 heteroatoms. The molecule has 0 saturated carbocycles. The number of benzene rings is 3. The topological polar surface area (TPSA) is 26.0 Å². The van der Waals surface area contributed by atoms with Crippen LogP contribution in [-0.4, -0.2) is 0 Å². The zero-order valence-corrected chi connectivity index (χ0v) is 11.3. The molecule has 0 aromatic heterocycles. The quantitative estimate of drug-likeness (QED) is 0.733. The lowest BCUT2D eigenvalue weighted by molar-refractivity contribution is 0.617. The number of aryl methyl sites for hydroxylation is 1. The molecule has 0 fully saturated rings. The SMILES string of the molecule is Cc1cc(C(N)c2cccc3ccccc23)ccc1F. The Kier molecular flexibility index (Phi) is 3.25. The summed E-state index contributed by atoms with van der Waals surface area (Å²) in [5.41, 5.74) is 9.00. The van der Waals surface area contributed by atoms with E-state index in [1.165, 1.54) is 11.5 Å². The second-order valence-corrected chi connectivity index (χ2v) is 5.05. The standard InChI is InChI=1S/C18H16FN/c1-12-11-14(9-10-17(12)19)18(20)16-8-4-6-13-5-2-3-7-15(13)16/h2-11,18H,20H2,1H3. The first kappa shape index (κ1) is 12.8. The van der Waals surface area contributed by atoms with E-state index >= 15 is 0 Å². The fourth-order valence-corrected chi connectivity index (χ4v) is 2.56. The Hall–Kier alpha value is -2.19. The molecule has 100 valence electrons. The number of fused-ring (bicyclic) bond motifs is 1. The van der Waals surface area contributed by atoms with E-state index in [1.807, 2.05) is 30.3 Å². The summed E-state index contributed by atoms with van der Waals surface area (Å²) in [6.07, 6.45) is 0. The van der Waals surface area contributed by atoms with E-state index in [2.05, 4.69) is 18.2 Å². The summed E-state index contributed by atoms with van der Waals surface area (Å²) in [5.74, 6) is -0.195. The van der Waals surface area contributed by atoms with E-state index in [4.69, 9.17) is 5.73 Å². The van der Waals surface area contributed by atoms with Gasteiger partial charge in [-0.05, 0) is 40.5 Å². The molecule has 1 nitrogen and oxygen atoms in total. The third kappa shape index (κ3) is 2.19. The number of rotatable bonds is 2. The van der Waals surface area contributed by atoms with Gasteiger partial charge in [0.25, 0.3) is 0 Å². The van der Waals surface area contributed by atoms with Gasteiger partial charge in [-0.25, -0.2) is 4.39 Å². The van der Waals surface area contributed by atoms with Crippen LogP contribution in [0.25, 0.3) is 10.8 Å². The van der Waals surface area contributed by atoms with E-state index in [0.717, 1.165) is 16.5 Å². The molecule has 1 unspecified atom stereocenters. The lowest BCUT2D eigenvalue weighted by Gasteiger charge is -2.16. The van der Waals surface area contributed by atoms with E-state index in [0.29, 0.717) is 5.56 Å². The smallest absolute Gasteiger partial charge is 0.126 e. The van der Waals surface area contributed by atoms with Crippen LogP contribution in [0.3, 0.4) is 0 Å². The van der Waals surface area contributed by atoms with Gasteiger partial charge in [0.2, 0.25) is 0 Å². The van der Waals surface area contributed by atoms with Crippen molar-refractivity contribution in [3.63, 3.8) is 0 Å². The average molecular weight is 265 g/mol. The van der Waals surface area contributed by atoms with Crippen LogP contribution in [0.5, 0.6) is 0 Å². The molecule has 0 aliphatic rings. The van der Waals surface area contributed by atoms with Crippen molar-refractivity contribution in [3.8, 4) is 0 Å².